The monoisotopic (exact) mass is 588 g/mol. The van der Waals surface area contributed by atoms with Gasteiger partial charge in [0, 0.05) is 19.1 Å². The van der Waals surface area contributed by atoms with Gasteiger partial charge in [-0.3, -0.25) is 9.59 Å². The lowest BCUT2D eigenvalue weighted by Crippen LogP contribution is -2.20. The van der Waals surface area contributed by atoms with Gasteiger partial charge in [0.05, 0.1) is 32.2 Å². The zero-order valence-corrected chi connectivity index (χ0v) is 23.4. The Morgan fingerprint density at radius 3 is 2.35 bits per heavy atom. The average Bonchev–Trinajstić information content (AvgIpc) is 3.68. The molecule has 14 heteroatoms. The van der Waals surface area contributed by atoms with Gasteiger partial charge in [-0.25, -0.2) is 19.0 Å². The first-order valence-electron chi connectivity index (χ1n) is 14.1. The Labute approximate surface area is 245 Å². The first-order chi connectivity index (χ1) is 21.1. The maximum atomic E-state index is 12.3. The molecule has 3 N–H and O–H groups in total. The fourth-order valence-electron chi connectivity index (χ4n) is 5.06. The highest BCUT2D eigenvalue weighted by Gasteiger charge is 2.22. The fraction of sp³-hybridized carbons (Fsp3) is 0.379. The van der Waals surface area contributed by atoms with Crippen molar-refractivity contribution in [2.24, 2.45) is 0 Å². The van der Waals surface area contributed by atoms with E-state index in [2.05, 4.69) is 30.1 Å². The number of nitrogens with zero attached hydrogens (tertiary/aromatic N) is 6. The van der Waals surface area contributed by atoms with Crippen molar-refractivity contribution < 1.29 is 19.3 Å². The van der Waals surface area contributed by atoms with Gasteiger partial charge in [-0.2, -0.15) is 5.10 Å². The lowest BCUT2D eigenvalue weighted by Gasteiger charge is -2.20. The Kier molecular flexibility index (Phi) is 8.79. The molecule has 0 unspecified atom stereocenters. The highest BCUT2D eigenvalue weighted by Crippen LogP contribution is 2.25. The smallest absolute Gasteiger partial charge is 0.277 e. The van der Waals surface area contributed by atoms with Crippen LogP contribution in [0.2, 0.25) is 0 Å². The summed E-state index contributed by atoms with van der Waals surface area (Å²) in [6.45, 7) is 3.00. The van der Waals surface area contributed by atoms with E-state index in [1.165, 1.54) is 6.20 Å². The third-order valence-electron chi connectivity index (χ3n) is 7.26. The van der Waals surface area contributed by atoms with E-state index in [9.17, 15) is 9.59 Å². The van der Waals surface area contributed by atoms with E-state index in [1.807, 2.05) is 36.4 Å². The van der Waals surface area contributed by atoms with Crippen molar-refractivity contribution in [2.75, 3.05) is 26.4 Å². The van der Waals surface area contributed by atoms with Gasteiger partial charge < -0.3 is 29.3 Å². The molecule has 0 saturated carbocycles. The summed E-state index contributed by atoms with van der Waals surface area (Å²) in [7, 11) is 0. The van der Waals surface area contributed by atoms with Crippen molar-refractivity contribution >= 4 is 16.6 Å². The fourth-order valence-corrected chi connectivity index (χ4v) is 5.06. The van der Waals surface area contributed by atoms with Gasteiger partial charge in [-0.05, 0) is 30.4 Å². The maximum absolute atomic E-state index is 12.3. The third-order valence-corrected chi connectivity index (χ3v) is 7.26. The second kappa shape index (κ2) is 13.2. The van der Waals surface area contributed by atoms with Crippen LogP contribution in [0.3, 0.4) is 0 Å². The molecule has 14 nitrogen and oxygen atoms in total. The van der Waals surface area contributed by atoms with E-state index >= 15 is 0 Å². The maximum Gasteiger partial charge on any atom is 0.277 e. The normalized spacial score (nSPS) is 15.8. The number of ether oxygens (including phenoxy) is 3. The molecule has 4 aromatic heterocycles. The predicted molar refractivity (Wildman–Crippen MR) is 154 cm³/mol. The Balaban J connectivity index is 0.000000162. The van der Waals surface area contributed by atoms with E-state index < -0.39 is 0 Å². The molecule has 7 rings (SSSR count). The molecule has 0 amide bonds. The number of aliphatic hydroxyl groups excluding tert-OH is 1. The Morgan fingerprint density at radius 2 is 1.60 bits per heavy atom. The van der Waals surface area contributed by atoms with Crippen LogP contribution in [0, 0.1) is 0 Å². The molecule has 0 aliphatic carbocycles. The molecule has 1 aromatic carbocycles. The molecule has 0 bridgehead atoms. The third kappa shape index (κ3) is 6.46. The minimum absolute atomic E-state index is 0.222. The number of aromatic amines is 2. The van der Waals surface area contributed by atoms with Crippen LogP contribution in [-0.4, -0.2) is 70.7 Å². The van der Waals surface area contributed by atoms with Crippen molar-refractivity contribution in [2.45, 2.75) is 45.0 Å². The molecule has 0 spiro atoms. The summed E-state index contributed by atoms with van der Waals surface area (Å²) in [4.78, 5) is 38.0. The number of hydrogen-bond acceptors (Lipinski definition) is 10. The summed E-state index contributed by atoms with van der Waals surface area (Å²) in [5, 5.41) is 17.8. The molecule has 1 saturated heterocycles. The van der Waals surface area contributed by atoms with Gasteiger partial charge >= 0.3 is 0 Å². The van der Waals surface area contributed by atoms with Gasteiger partial charge in [-0.1, -0.05) is 36.4 Å². The summed E-state index contributed by atoms with van der Waals surface area (Å²) < 4.78 is 19.5. The zero-order chi connectivity index (χ0) is 29.6. The van der Waals surface area contributed by atoms with Crippen LogP contribution in [-0.2, 0) is 34.0 Å². The number of benzene rings is 1. The minimum atomic E-state index is -0.295. The van der Waals surface area contributed by atoms with Crippen molar-refractivity contribution in [3.05, 3.63) is 98.4 Å². The highest BCUT2D eigenvalue weighted by atomic mass is 16.5. The quantitative estimate of drug-likeness (QED) is 0.254. The van der Waals surface area contributed by atoms with Crippen molar-refractivity contribution in [1.29, 1.82) is 0 Å². The second-order valence-electron chi connectivity index (χ2n) is 10.2. The molecule has 1 fully saturated rings. The number of hydrogen-bond donors (Lipinski definition) is 3. The molecule has 0 radical (unpaired) electrons. The highest BCUT2D eigenvalue weighted by molar-refractivity contribution is 5.64. The van der Waals surface area contributed by atoms with Crippen LogP contribution in [0.5, 0.6) is 0 Å². The van der Waals surface area contributed by atoms with E-state index in [1.54, 1.807) is 15.2 Å². The van der Waals surface area contributed by atoms with Gasteiger partial charge in [0.2, 0.25) is 0 Å². The van der Waals surface area contributed by atoms with E-state index in [0.717, 1.165) is 36.2 Å². The minimum Gasteiger partial charge on any atom is -0.388 e. The van der Waals surface area contributed by atoms with Gasteiger partial charge in [0.1, 0.15) is 19.0 Å². The first-order valence-corrected chi connectivity index (χ1v) is 14.1. The topological polar surface area (TPSA) is 174 Å². The molecular formula is C29H32N8O6. The molecule has 2 aliphatic heterocycles. The number of imidazole rings is 2. The molecule has 43 heavy (non-hydrogen) atoms. The van der Waals surface area contributed by atoms with E-state index in [-0.39, 0.29) is 36.1 Å². The largest absolute Gasteiger partial charge is 0.388 e. The number of H-pyrrole nitrogens is 2. The summed E-state index contributed by atoms with van der Waals surface area (Å²) in [5.74, 6) is 2.43. The van der Waals surface area contributed by atoms with E-state index in [0.29, 0.717) is 55.7 Å². The summed E-state index contributed by atoms with van der Waals surface area (Å²) in [5.41, 5.74) is 2.45. The molecular weight excluding hydrogens is 556 g/mol. The van der Waals surface area contributed by atoms with Gasteiger partial charge in [-0.15, -0.1) is 5.10 Å². The number of rotatable bonds is 7. The SMILES string of the molecule is O=c1[nH]c(CO)nn2c(C3CCOCC3)ncc12.O=c1[nH]c(COCc2ccccc2)nn2c(C3=CCOCC3)ncc12. The molecule has 224 valence electrons. The summed E-state index contributed by atoms with van der Waals surface area (Å²) >= 11 is 0. The number of aromatic nitrogens is 8. The summed E-state index contributed by atoms with van der Waals surface area (Å²) in [6, 6.07) is 9.87. The molecule has 0 atom stereocenters. The summed E-state index contributed by atoms with van der Waals surface area (Å²) in [6.07, 6.45) is 7.56. The van der Waals surface area contributed by atoms with Crippen LogP contribution in [0.15, 0.2) is 58.4 Å². The van der Waals surface area contributed by atoms with Gasteiger partial charge in [0.25, 0.3) is 11.1 Å². The lowest BCUT2D eigenvalue weighted by atomic mass is 10.00. The van der Waals surface area contributed by atoms with Gasteiger partial charge in [0.15, 0.2) is 28.5 Å². The van der Waals surface area contributed by atoms with Crippen molar-refractivity contribution in [3.8, 4) is 0 Å². The molecule has 5 aromatic rings. The Morgan fingerprint density at radius 1 is 0.884 bits per heavy atom. The first kappa shape index (κ1) is 28.6. The average molecular weight is 589 g/mol. The Bertz CT molecular complexity index is 1830. The molecule has 2 aliphatic rings. The molecule has 6 heterocycles. The lowest BCUT2D eigenvalue weighted by molar-refractivity contribution is 0.0832. The van der Waals surface area contributed by atoms with Crippen molar-refractivity contribution in [3.63, 3.8) is 0 Å². The standard InChI is InChI=1S/C18H18N4O3.C11H14N4O3/c23-18-15-10-19-17(14-6-8-24-9-7-14)22(15)21-16(20-18)12-25-11-13-4-2-1-3-5-13;16-6-9-13-11(17)8-5-12-10(15(8)14-9)7-1-3-18-4-2-7/h1-6,10H,7-9,11-12H2,(H,20,21,23);5,7,16H,1-4,6H2,(H,13,14,17). The zero-order valence-electron chi connectivity index (χ0n) is 23.4. The number of nitrogens with one attached hydrogen (secondary N) is 2. The van der Waals surface area contributed by atoms with Crippen LogP contribution < -0.4 is 11.1 Å². The van der Waals surface area contributed by atoms with Crippen LogP contribution in [0.25, 0.3) is 16.6 Å². The van der Waals surface area contributed by atoms with Crippen LogP contribution >= 0.6 is 0 Å². The van der Waals surface area contributed by atoms with E-state index in [4.69, 9.17) is 19.3 Å². The van der Waals surface area contributed by atoms with Crippen molar-refractivity contribution in [1.82, 2.24) is 39.2 Å². The number of aliphatic hydroxyl groups is 1. The van der Waals surface area contributed by atoms with Crippen LogP contribution in [0.1, 0.15) is 54.0 Å². The Hall–Kier alpha value is -4.50. The second-order valence-corrected chi connectivity index (χ2v) is 10.2. The predicted octanol–water partition coefficient (Wildman–Crippen LogP) is 1.74. The van der Waals surface area contributed by atoms with Crippen LogP contribution in [0.4, 0.5) is 0 Å². The number of fused-ring (bicyclic) bond motifs is 2.